The Balaban J connectivity index is 1.70. The molecule has 0 bridgehead atoms. The Hall–Kier alpha value is -3.54. The summed E-state index contributed by atoms with van der Waals surface area (Å²) in [5.41, 5.74) is 2.25. The average Bonchev–Trinajstić information content (AvgIpc) is 3.14. The van der Waals surface area contributed by atoms with Crippen LogP contribution in [-0.2, 0) is 11.4 Å². The van der Waals surface area contributed by atoms with Crippen LogP contribution in [0.15, 0.2) is 65.3 Å². The Kier molecular flexibility index (Phi) is 5.34. The molecule has 2 aromatic carbocycles. The zero-order valence-electron chi connectivity index (χ0n) is 14.1. The minimum Gasteiger partial charge on any atom is -0.493 e. The van der Waals surface area contributed by atoms with E-state index in [0.29, 0.717) is 28.6 Å². The fraction of sp³-hybridized carbons (Fsp3) is 0.100. The van der Waals surface area contributed by atoms with Crippen LogP contribution < -0.4 is 9.47 Å². The number of ether oxygens (including phenoxy) is 2. The van der Waals surface area contributed by atoms with E-state index >= 15 is 0 Å². The topological polar surface area (TPSA) is 81.8 Å². The third-order valence-electron chi connectivity index (χ3n) is 3.55. The predicted molar refractivity (Wildman–Crippen MR) is 95.9 cm³/mol. The zero-order valence-corrected chi connectivity index (χ0v) is 14.1. The van der Waals surface area contributed by atoms with Crippen LogP contribution in [0.4, 0.5) is 0 Å². The molecule has 0 aliphatic carbocycles. The van der Waals surface area contributed by atoms with Crippen molar-refractivity contribution in [3.8, 4) is 23.0 Å². The van der Waals surface area contributed by atoms with E-state index in [2.05, 4.69) is 4.98 Å². The number of oxazole rings is 1. The number of methoxy groups -OCH3 is 1. The second-order valence-electron chi connectivity index (χ2n) is 5.38. The monoisotopic (exact) mass is 351 g/mol. The van der Waals surface area contributed by atoms with Crippen molar-refractivity contribution in [2.24, 2.45) is 0 Å². The molecule has 3 rings (SSSR count). The molecule has 0 aliphatic rings. The van der Waals surface area contributed by atoms with Gasteiger partial charge in [-0.1, -0.05) is 24.3 Å². The number of hydrogen-bond donors (Lipinski definition) is 1. The van der Waals surface area contributed by atoms with Gasteiger partial charge in [0.15, 0.2) is 11.5 Å². The molecule has 132 valence electrons. The summed E-state index contributed by atoms with van der Waals surface area (Å²) in [7, 11) is 1.52. The summed E-state index contributed by atoms with van der Waals surface area (Å²) in [6.07, 6.45) is 4.10. The number of benzene rings is 2. The molecule has 0 amide bonds. The van der Waals surface area contributed by atoms with Crippen LogP contribution in [-0.4, -0.2) is 23.2 Å². The first-order valence-electron chi connectivity index (χ1n) is 7.87. The van der Waals surface area contributed by atoms with Crippen LogP contribution in [0.2, 0.25) is 0 Å². The lowest BCUT2D eigenvalue weighted by molar-refractivity contribution is -0.131. The van der Waals surface area contributed by atoms with Gasteiger partial charge in [0.2, 0.25) is 5.89 Å². The van der Waals surface area contributed by atoms with Gasteiger partial charge in [0.25, 0.3) is 0 Å². The number of rotatable bonds is 7. The highest BCUT2D eigenvalue weighted by Crippen LogP contribution is 2.29. The molecule has 1 aromatic heterocycles. The van der Waals surface area contributed by atoms with Gasteiger partial charge in [-0.05, 0) is 35.9 Å². The maximum Gasteiger partial charge on any atom is 0.328 e. The van der Waals surface area contributed by atoms with Gasteiger partial charge in [-0.15, -0.1) is 0 Å². The lowest BCUT2D eigenvalue weighted by Crippen LogP contribution is -1.98. The van der Waals surface area contributed by atoms with E-state index in [9.17, 15) is 4.79 Å². The van der Waals surface area contributed by atoms with Crippen molar-refractivity contribution < 1.29 is 23.8 Å². The quantitative estimate of drug-likeness (QED) is 0.647. The average molecular weight is 351 g/mol. The van der Waals surface area contributed by atoms with E-state index in [4.69, 9.17) is 19.0 Å². The minimum atomic E-state index is -1.01. The predicted octanol–water partition coefficient (Wildman–Crippen LogP) is 4.03. The second-order valence-corrected chi connectivity index (χ2v) is 5.38. The zero-order chi connectivity index (χ0) is 18.4. The van der Waals surface area contributed by atoms with Gasteiger partial charge in [0.05, 0.1) is 7.11 Å². The molecule has 6 heteroatoms. The molecule has 26 heavy (non-hydrogen) atoms. The number of carboxylic acids is 1. The number of aliphatic carboxylic acids is 1. The number of carbonyl (C=O) groups is 1. The maximum absolute atomic E-state index is 10.6. The van der Waals surface area contributed by atoms with Crippen molar-refractivity contribution in [3.05, 3.63) is 72.1 Å². The summed E-state index contributed by atoms with van der Waals surface area (Å²) in [6, 6.07) is 14.8. The van der Waals surface area contributed by atoms with Crippen LogP contribution in [0.25, 0.3) is 17.5 Å². The molecule has 0 fully saturated rings. The van der Waals surface area contributed by atoms with E-state index in [-0.39, 0.29) is 6.61 Å². The van der Waals surface area contributed by atoms with Gasteiger partial charge in [0.1, 0.15) is 18.6 Å². The SMILES string of the molecule is COc1cc(/C=C/C(=O)O)ccc1OCc1coc(-c2ccccc2)n1. The number of aromatic nitrogens is 1. The molecule has 0 atom stereocenters. The van der Waals surface area contributed by atoms with Crippen molar-refractivity contribution in [2.45, 2.75) is 6.61 Å². The summed E-state index contributed by atoms with van der Waals surface area (Å²) in [5, 5.41) is 8.69. The first-order valence-corrected chi connectivity index (χ1v) is 7.87. The van der Waals surface area contributed by atoms with Crippen LogP contribution in [0, 0.1) is 0 Å². The lowest BCUT2D eigenvalue weighted by Gasteiger charge is -2.10. The van der Waals surface area contributed by atoms with Crippen LogP contribution >= 0.6 is 0 Å². The molecule has 0 saturated heterocycles. The molecule has 6 nitrogen and oxygen atoms in total. The lowest BCUT2D eigenvalue weighted by atomic mass is 10.2. The van der Waals surface area contributed by atoms with E-state index < -0.39 is 5.97 Å². The first-order chi connectivity index (χ1) is 12.7. The summed E-state index contributed by atoms with van der Waals surface area (Å²) >= 11 is 0. The van der Waals surface area contributed by atoms with Crippen molar-refractivity contribution in [2.75, 3.05) is 7.11 Å². The number of nitrogens with zero attached hydrogens (tertiary/aromatic N) is 1. The van der Waals surface area contributed by atoms with Crippen molar-refractivity contribution in [1.29, 1.82) is 0 Å². The van der Waals surface area contributed by atoms with Crippen molar-refractivity contribution in [3.63, 3.8) is 0 Å². The standard InChI is InChI=1S/C20H17NO5/c1-24-18-11-14(8-10-19(22)23)7-9-17(18)25-12-16-13-26-20(21-16)15-5-3-2-4-6-15/h2-11,13H,12H2,1H3,(H,22,23)/b10-8+. The van der Waals surface area contributed by atoms with Gasteiger partial charge in [0, 0.05) is 11.6 Å². The van der Waals surface area contributed by atoms with Crippen LogP contribution in [0.3, 0.4) is 0 Å². The Morgan fingerprint density at radius 3 is 2.73 bits per heavy atom. The first kappa shape index (κ1) is 17.3. The summed E-state index contributed by atoms with van der Waals surface area (Å²) in [6.45, 7) is 0.219. The highest BCUT2D eigenvalue weighted by molar-refractivity contribution is 5.85. The Morgan fingerprint density at radius 1 is 1.19 bits per heavy atom. The van der Waals surface area contributed by atoms with Gasteiger partial charge in [-0.25, -0.2) is 9.78 Å². The molecule has 0 radical (unpaired) electrons. The Bertz CT molecular complexity index is 915. The third-order valence-corrected chi connectivity index (χ3v) is 3.55. The van der Waals surface area contributed by atoms with Crippen molar-refractivity contribution >= 4 is 12.0 Å². The van der Waals surface area contributed by atoms with Crippen molar-refractivity contribution in [1.82, 2.24) is 4.98 Å². The highest BCUT2D eigenvalue weighted by Gasteiger charge is 2.09. The van der Waals surface area contributed by atoms with Gasteiger partial charge >= 0.3 is 5.97 Å². The van der Waals surface area contributed by atoms with E-state index in [0.717, 1.165) is 11.6 Å². The third kappa shape index (κ3) is 4.30. The molecule has 0 saturated carbocycles. The molecule has 0 spiro atoms. The summed E-state index contributed by atoms with van der Waals surface area (Å²) in [5.74, 6) is 0.559. The Labute approximate surface area is 150 Å². The molecule has 1 heterocycles. The summed E-state index contributed by atoms with van der Waals surface area (Å²) in [4.78, 5) is 15.0. The Morgan fingerprint density at radius 2 is 2.00 bits per heavy atom. The number of hydrogen-bond acceptors (Lipinski definition) is 5. The molecule has 0 unspecified atom stereocenters. The number of carboxylic acid groups (broad SMARTS) is 1. The second kappa shape index (κ2) is 8.02. The van der Waals surface area contributed by atoms with Crippen LogP contribution in [0.5, 0.6) is 11.5 Å². The van der Waals surface area contributed by atoms with Gasteiger partial charge < -0.3 is 19.0 Å². The molecule has 1 N–H and O–H groups in total. The smallest absolute Gasteiger partial charge is 0.328 e. The fourth-order valence-electron chi connectivity index (χ4n) is 2.31. The molecule has 0 aliphatic heterocycles. The van der Waals surface area contributed by atoms with Gasteiger partial charge in [-0.3, -0.25) is 0 Å². The van der Waals surface area contributed by atoms with Crippen LogP contribution in [0.1, 0.15) is 11.3 Å². The van der Waals surface area contributed by atoms with Gasteiger partial charge in [-0.2, -0.15) is 0 Å². The normalized spacial score (nSPS) is 10.8. The molecular weight excluding hydrogens is 334 g/mol. The maximum atomic E-state index is 10.6. The highest BCUT2D eigenvalue weighted by atomic mass is 16.5. The largest absolute Gasteiger partial charge is 0.493 e. The fourth-order valence-corrected chi connectivity index (χ4v) is 2.31. The minimum absolute atomic E-state index is 0.219. The molecular formula is C20H17NO5. The molecule has 3 aromatic rings. The van der Waals surface area contributed by atoms with E-state index in [1.54, 1.807) is 24.5 Å². The van der Waals surface area contributed by atoms with E-state index in [1.807, 2.05) is 30.3 Å². The van der Waals surface area contributed by atoms with E-state index in [1.165, 1.54) is 13.2 Å². The summed E-state index contributed by atoms with van der Waals surface area (Å²) < 4.78 is 16.5.